The smallest absolute Gasteiger partial charge is 0.407 e. The van der Waals surface area contributed by atoms with Crippen LogP contribution in [-0.4, -0.2) is 98.1 Å². The summed E-state index contributed by atoms with van der Waals surface area (Å²) in [4.78, 5) is 62.0. The van der Waals surface area contributed by atoms with Gasteiger partial charge in [0.05, 0.1) is 37.5 Å². The van der Waals surface area contributed by atoms with E-state index in [0.717, 1.165) is 71.3 Å². The topological polar surface area (TPSA) is 179 Å². The summed E-state index contributed by atoms with van der Waals surface area (Å²) >= 11 is 0. The minimum atomic E-state index is -0.857. The maximum Gasteiger partial charge on any atom is 0.407 e. The summed E-state index contributed by atoms with van der Waals surface area (Å²) in [7, 11) is 2.50. The summed E-state index contributed by atoms with van der Waals surface area (Å²) in [5, 5.41) is 11.2. The van der Waals surface area contributed by atoms with Gasteiger partial charge in [-0.3, -0.25) is 14.6 Å². The Hall–Kier alpha value is -5.66. The lowest BCUT2D eigenvalue weighted by atomic mass is 10.0. The number of ether oxygens (including phenoxy) is 2. The number of benzene rings is 2. The Morgan fingerprint density at radius 3 is 2.48 bits per heavy atom. The summed E-state index contributed by atoms with van der Waals surface area (Å²) in [6.07, 6.45) is 4.36. The van der Waals surface area contributed by atoms with Crippen molar-refractivity contribution in [1.29, 1.82) is 0 Å². The number of carbonyl (C=O) groups is 4. The van der Waals surface area contributed by atoms with E-state index in [1.54, 1.807) is 18.0 Å². The van der Waals surface area contributed by atoms with E-state index in [1.165, 1.54) is 14.2 Å². The third-order valence-corrected chi connectivity index (χ3v) is 8.40. The third-order valence-electron chi connectivity index (χ3n) is 8.40. The highest BCUT2D eigenvalue weighted by Gasteiger charge is 2.34. The van der Waals surface area contributed by atoms with Crippen LogP contribution in [0, 0.1) is 0 Å². The van der Waals surface area contributed by atoms with Crippen molar-refractivity contribution < 1.29 is 28.7 Å². The maximum atomic E-state index is 13.4. The van der Waals surface area contributed by atoms with Gasteiger partial charge in [-0.1, -0.05) is 36.9 Å². The Morgan fingerprint density at radius 2 is 1.78 bits per heavy atom. The van der Waals surface area contributed by atoms with Gasteiger partial charge < -0.3 is 40.6 Å². The van der Waals surface area contributed by atoms with Gasteiger partial charge in [-0.25, -0.2) is 14.6 Å². The van der Waals surface area contributed by atoms with Crippen molar-refractivity contribution >= 4 is 47.4 Å². The fourth-order valence-electron chi connectivity index (χ4n) is 5.75. The van der Waals surface area contributed by atoms with Gasteiger partial charge in [0.2, 0.25) is 11.8 Å². The second kappa shape index (κ2) is 18.2. The molecule has 1 aromatic heterocycles. The number of aromatic nitrogens is 2. The minimum absolute atomic E-state index is 0.0787. The highest BCUT2D eigenvalue weighted by molar-refractivity contribution is 5.89. The lowest BCUT2D eigenvalue weighted by molar-refractivity contribution is -0.133. The molecule has 5 N–H and O–H groups in total. The molecule has 1 aliphatic rings. The number of rotatable bonds is 16. The molecule has 2 atom stereocenters. The summed E-state index contributed by atoms with van der Waals surface area (Å²) in [5.41, 5.74) is 6.12. The number of unbranched alkanes of at least 4 members (excludes halogenated alkanes) is 1. The van der Waals surface area contributed by atoms with Crippen LogP contribution in [0.15, 0.2) is 65.8 Å². The highest BCUT2D eigenvalue weighted by Crippen LogP contribution is 2.26. The number of aliphatic imine (C=N–C) groups is 1. The summed E-state index contributed by atoms with van der Waals surface area (Å²) in [6, 6.07) is 13.3. The van der Waals surface area contributed by atoms with Gasteiger partial charge >= 0.3 is 12.2 Å². The normalized spacial score (nSPS) is 14.8. The van der Waals surface area contributed by atoms with E-state index in [4.69, 9.17) is 9.72 Å². The number of amides is 4. The molecule has 2 heterocycles. The standard InChI is InChI=1S/C36H46N8O6/c1-23(2)33(43-36(48)50-5)34(46)44-18-8-9-27(44)20-39-30(21-37-3)25-13-11-24(12-14-25)26-15-16-28-29(19-26)42-31(41-28)10-6-7-17-38-32(45)22-40-35(47)49-4/h11-16,19,21,27,33,39H,1,3,6-10,17-18,20,22H2,2,4-5H3,(H,38,45)(H,40,47)(H,41,42)(H,43,48)/b30-21-. The van der Waals surface area contributed by atoms with Crippen molar-refractivity contribution in [1.82, 2.24) is 36.1 Å². The van der Waals surface area contributed by atoms with Crippen LogP contribution in [0.25, 0.3) is 27.9 Å². The number of carbonyl (C=O) groups excluding carboxylic acids is 4. The lowest BCUT2D eigenvalue weighted by Gasteiger charge is -2.30. The molecule has 266 valence electrons. The van der Waals surface area contributed by atoms with Crippen molar-refractivity contribution in [2.45, 2.75) is 51.1 Å². The molecule has 2 aromatic carbocycles. The van der Waals surface area contributed by atoms with Crippen LogP contribution < -0.4 is 21.3 Å². The van der Waals surface area contributed by atoms with E-state index in [9.17, 15) is 19.2 Å². The molecule has 4 rings (SSSR count). The zero-order valence-corrected chi connectivity index (χ0v) is 28.8. The van der Waals surface area contributed by atoms with E-state index < -0.39 is 18.2 Å². The van der Waals surface area contributed by atoms with E-state index >= 15 is 0 Å². The molecule has 14 heteroatoms. The van der Waals surface area contributed by atoms with Gasteiger partial charge in [0.25, 0.3) is 0 Å². The average molecular weight is 687 g/mol. The number of aryl methyl sites for hydroxylation is 1. The first-order valence-electron chi connectivity index (χ1n) is 16.5. The predicted octanol–water partition coefficient (Wildman–Crippen LogP) is 3.91. The zero-order chi connectivity index (χ0) is 36.0. The number of alkyl carbamates (subject to hydrolysis) is 2. The third kappa shape index (κ3) is 10.2. The molecule has 0 bridgehead atoms. The second-order valence-electron chi connectivity index (χ2n) is 12.0. The minimum Gasteiger partial charge on any atom is -0.453 e. The Labute approximate surface area is 291 Å². The van der Waals surface area contributed by atoms with Gasteiger partial charge in [-0.2, -0.15) is 0 Å². The number of imidazole rings is 1. The molecule has 1 fully saturated rings. The Kier molecular flexibility index (Phi) is 13.5. The molecule has 14 nitrogen and oxygen atoms in total. The van der Waals surface area contributed by atoms with Crippen molar-refractivity contribution in [2.24, 2.45) is 4.99 Å². The SMILES string of the molecule is C=N/C=C(\NCC1CCCN1C(=O)C(NC(=O)OC)C(=C)C)c1ccc(-c2ccc3nc(CCCCNC(=O)CNC(=O)OC)[nH]c3c2)cc1. The molecular formula is C36H46N8O6. The fourth-order valence-corrected chi connectivity index (χ4v) is 5.75. The number of fused-ring (bicyclic) bond motifs is 1. The van der Waals surface area contributed by atoms with Gasteiger partial charge in [0, 0.05) is 38.3 Å². The van der Waals surface area contributed by atoms with Crippen molar-refractivity contribution in [3.63, 3.8) is 0 Å². The van der Waals surface area contributed by atoms with Gasteiger partial charge in [0.1, 0.15) is 11.9 Å². The molecule has 1 saturated heterocycles. The van der Waals surface area contributed by atoms with Crippen LogP contribution in [0.4, 0.5) is 9.59 Å². The van der Waals surface area contributed by atoms with Crippen LogP contribution in [0.2, 0.25) is 0 Å². The molecule has 0 saturated carbocycles. The first kappa shape index (κ1) is 37.2. The molecule has 0 spiro atoms. The number of hydrogen-bond donors (Lipinski definition) is 5. The Balaban J connectivity index is 1.32. The molecule has 50 heavy (non-hydrogen) atoms. The highest BCUT2D eigenvalue weighted by atomic mass is 16.5. The van der Waals surface area contributed by atoms with Crippen LogP contribution in [0.1, 0.15) is 44.0 Å². The van der Waals surface area contributed by atoms with Crippen molar-refractivity contribution in [2.75, 3.05) is 40.4 Å². The molecule has 2 unspecified atom stereocenters. The molecular weight excluding hydrogens is 640 g/mol. The number of nitrogens with one attached hydrogen (secondary N) is 5. The molecule has 0 radical (unpaired) electrons. The Bertz CT molecular complexity index is 1720. The quantitative estimate of drug-likeness (QED) is 0.0855. The maximum absolute atomic E-state index is 13.4. The van der Waals surface area contributed by atoms with Crippen molar-refractivity contribution in [3.8, 4) is 11.1 Å². The predicted molar refractivity (Wildman–Crippen MR) is 192 cm³/mol. The van der Waals surface area contributed by atoms with Gasteiger partial charge in [-0.15, -0.1) is 0 Å². The first-order valence-corrected chi connectivity index (χ1v) is 16.5. The van der Waals surface area contributed by atoms with Crippen LogP contribution >= 0.6 is 0 Å². The first-order chi connectivity index (χ1) is 24.1. The summed E-state index contributed by atoms with van der Waals surface area (Å²) in [6.45, 7) is 10.7. The summed E-state index contributed by atoms with van der Waals surface area (Å²) < 4.78 is 9.15. The van der Waals surface area contributed by atoms with E-state index in [1.807, 2.05) is 36.4 Å². The van der Waals surface area contributed by atoms with E-state index in [-0.39, 0.29) is 24.4 Å². The summed E-state index contributed by atoms with van der Waals surface area (Å²) in [5.74, 6) is 0.398. The zero-order valence-electron chi connectivity index (χ0n) is 28.8. The van der Waals surface area contributed by atoms with E-state index in [0.29, 0.717) is 25.2 Å². The van der Waals surface area contributed by atoms with Gasteiger partial charge in [-0.05, 0) is 73.7 Å². The molecule has 3 aromatic rings. The largest absolute Gasteiger partial charge is 0.453 e. The number of methoxy groups -OCH3 is 2. The molecule has 1 aliphatic heterocycles. The number of likely N-dealkylation sites (tertiary alicyclic amines) is 1. The van der Waals surface area contributed by atoms with Crippen LogP contribution in [0.5, 0.6) is 0 Å². The Morgan fingerprint density at radius 1 is 1.04 bits per heavy atom. The number of H-pyrrole nitrogens is 1. The van der Waals surface area contributed by atoms with Gasteiger partial charge in [0.15, 0.2) is 0 Å². The lowest BCUT2D eigenvalue weighted by Crippen LogP contribution is -2.52. The monoisotopic (exact) mass is 686 g/mol. The number of nitrogens with zero attached hydrogens (tertiary/aromatic N) is 3. The van der Waals surface area contributed by atoms with Crippen LogP contribution in [-0.2, 0) is 25.5 Å². The van der Waals surface area contributed by atoms with Crippen molar-refractivity contribution in [3.05, 3.63) is 72.2 Å². The molecule has 0 aliphatic carbocycles. The average Bonchev–Trinajstić information content (AvgIpc) is 3.77. The number of aromatic amines is 1. The van der Waals surface area contributed by atoms with Crippen LogP contribution in [0.3, 0.4) is 0 Å². The molecule has 4 amide bonds. The number of hydrogen-bond acceptors (Lipinski definition) is 9. The fraction of sp³-hybridized carbons (Fsp3) is 0.389. The van der Waals surface area contributed by atoms with E-state index in [2.05, 4.69) is 55.3 Å². The second-order valence-corrected chi connectivity index (χ2v) is 12.0.